The number of amidine groups is 2. The summed E-state index contributed by atoms with van der Waals surface area (Å²) in [4.78, 5) is 5.88. The zero-order chi connectivity index (χ0) is 15.8. The lowest BCUT2D eigenvalue weighted by Crippen LogP contribution is -2.36. The molecule has 6 heteroatoms. The van der Waals surface area contributed by atoms with E-state index in [4.69, 9.17) is 15.2 Å². The summed E-state index contributed by atoms with van der Waals surface area (Å²) in [6.07, 6.45) is 3.19. The number of aromatic nitrogens is 1. The Bertz CT molecular complexity index is 901. The fraction of sp³-hybridized carbons (Fsp3) is 0. The Hall–Kier alpha value is -3.41. The van der Waals surface area contributed by atoms with E-state index >= 15 is 0 Å². The Morgan fingerprint density at radius 1 is 1.09 bits per heavy atom. The predicted molar refractivity (Wildman–Crippen MR) is 88.8 cm³/mol. The lowest BCUT2D eigenvalue weighted by atomic mass is 10.1. The fourth-order valence-electron chi connectivity index (χ4n) is 2.60. The van der Waals surface area contributed by atoms with Crippen molar-refractivity contribution in [3.63, 3.8) is 0 Å². The number of benzene rings is 1. The molecule has 0 atom stereocenters. The molecular weight excluding hydrogens is 290 g/mol. The molecule has 3 aromatic rings. The van der Waals surface area contributed by atoms with Crippen molar-refractivity contribution in [2.24, 2.45) is 0 Å². The van der Waals surface area contributed by atoms with Gasteiger partial charge < -0.3 is 9.73 Å². The zero-order valence-corrected chi connectivity index (χ0v) is 12.1. The third-order valence-electron chi connectivity index (χ3n) is 3.66. The van der Waals surface area contributed by atoms with E-state index in [0.29, 0.717) is 22.8 Å². The Kier molecular flexibility index (Phi) is 2.94. The molecule has 0 radical (unpaired) electrons. The summed E-state index contributed by atoms with van der Waals surface area (Å²) in [6.45, 7) is 0. The maximum Gasteiger partial charge on any atom is 0.175 e. The third-order valence-corrected chi connectivity index (χ3v) is 3.66. The second kappa shape index (κ2) is 5.10. The molecule has 1 aliphatic heterocycles. The van der Waals surface area contributed by atoms with E-state index in [1.807, 2.05) is 30.3 Å². The molecule has 3 N–H and O–H groups in total. The van der Waals surface area contributed by atoms with Crippen LogP contribution in [0.25, 0.3) is 0 Å². The van der Waals surface area contributed by atoms with Crippen molar-refractivity contribution in [3.8, 4) is 0 Å². The van der Waals surface area contributed by atoms with Gasteiger partial charge in [0.25, 0.3) is 0 Å². The van der Waals surface area contributed by atoms with Crippen LogP contribution in [0.2, 0.25) is 0 Å². The van der Waals surface area contributed by atoms with Crippen LogP contribution in [-0.4, -0.2) is 16.7 Å². The topological polar surface area (TPSA) is 89.0 Å². The van der Waals surface area contributed by atoms with Crippen molar-refractivity contribution in [2.75, 3.05) is 10.2 Å². The summed E-state index contributed by atoms with van der Waals surface area (Å²) in [5.74, 6) is 1.27. The number of anilines is 3. The Balaban J connectivity index is 1.93. The molecule has 3 heterocycles. The molecule has 0 amide bonds. The second-order valence-electron chi connectivity index (χ2n) is 5.05. The van der Waals surface area contributed by atoms with Crippen molar-refractivity contribution >= 4 is 28.9 Å². The number of hydrogen-bond donors (Lipinski definition) is 3. The summed E-state index contributed by atoms with van der Waals surface area (Å²) in [7, 11) is 0. The van der Waals surface area contributed by atoms with E-state index in [0.717, 1.165) is 5.69 Å². The molecule has 0 spiro atoms. The van der Waals surface area contributed by atoms with Crippen LogP contribution in [-0.2, 0) is 0 Å². The maximum absolute atomic E-state index is 8.61. The molecule has 0 fully saturated rings. The quantitative estimate of drug-likeness (QED) is 0.473. The highest BCUT2D eigenvalue weighted by molar-refractivity contribution is 6.29. The molecule has 23 heavy (non-hydrogen) atoms. The van der Waals surface area contributed by atoms with Gasteiger partial charge in [-0.25, -0.2) is 4.98 Å². The highest BCUT2D eigenvalue weighted by Crippen LogP contribution is 2.34. The minimum atomic E-state index is 0.0905. The molecule has 0 bridgehead atoms. The van der Waals surface area contributed by atoms with Crippen LogP contribution >= 0.6 is 0 Å². The monoisotopic (exact) mass is 303 g/mol. The first kappa shape index (κ1) is 13.3. The van der Waals surface area contributed by atoms with Gasteiger partial charge in [0, 0.05) is 11.8 Å². The molecule has 112 valence electrons. The van der Waals surface area contributed by atoms with E-state index in [1.165, 1.54) is 11.2 Å². The van der Waals surface area contributed by atoms with Crippen LogP contribution in [0.15, 0.2) is 65.4 Å². The summed E-state index contributed by atoms with van der Waals surface area (Å²) in [6, 6.07) is 14.5. The van der Waals surface area contributed by atoms with Gasteiger partial charge in [-0.15, -0.1) is 0 Å². The van der Waals surface area contributed by atoms with E-state index < -0.39 is 0 Å². The Morgan fingerprint density at radius 3 is 2.78 bits per heavy atom. The number of nitrogens with zero attached hydrogens (tertiary/aromatic N) is 2. The van der Waals surface area contributed by atoms with Crippen LogP contribution < -0.4 is 10.2 Å². The van der Waals surface area contributed by atoms with Gasteiger partial charge in [0.2, 0.25) is 0 Å². The first-order chi connectivity index (χ1) is 11.3. The van der Waals surface area contributed by atoms with Gasteiger partial charge in [-0.3, -0.25) is 15.7 Å². The maximum atomic E-state index is 8.61. The standard InChI is InChI=1S/C17H13N5O/c18-15-11-5-1-2-6-12(11)21-17-13(7-3-9-20-17)22(15)16(19)14-8-4-10-23-14/h1-10,18-19H,(H,20,21). The highest BCUT2D eigenvalue weighted by Gasteiger charge is 2.28. The Morgan fingerprint density at radius 2 is 1.96 bits per heavy atom. The molecule has 1 aliphatic rings. The van der Waals surface area contributed by atoms with Gasteiger partial charge in [-0.05, 0) is 36.4 Å². The summed E-state index contributed by atoms with van der Waals surface area (Å²) in [5.41, 5.74) is 2.11. The molecule has 1 aromatic carbocycles. The van der Waals surface area contributed by atoms with Crippen LogP contribution in [0, 0.1) is 10.8 Å². The van der Waals surface area contributed by atoms with Gasteiger partial charge >= 0.3 is 0 Å². The minimum absolute atomic E-state index is 0.0905. The van der Waals surface area contributed by atoms with Crippen LogP contribution in [0.4, 0.5) is 17.2 Å². The number of rotatable bonds is 1. The SMILES string of the molecule is N=C(c1ccco1)N1C(=N)c2ccccc2Nc2ncccc21. The predicted octanol–water partition coefficient (Wildman–Crippen LogP) is 3.59. The molecule has 4 rings (SSSR count). The number of hydrogen-bond acceptors (Lipinski definition) is 5. The van der Waals surface area contributed by atoms with E-state index in [2.05, 4.69) is 10.3 Å². The summed E-state index contributed by atoms with van der Waals surface area (Å²) >= 11 is 0. The fourth-order valence-corrected chi connectivity index (χ4v) is 2.60. The van der Waals surface area contributed by atoms with E-state index in [-0.39, 0.29) is 11.7 Å². The average molecular weight is 303 g/mol. The van der Waals surface area contributed by atoms with E-state index in [1.54, 1.807) is 24.4 Å². The highest BCUT2D eigenvalue weighted by atomic mass is 16.3. The third kappa shape index (κ3) is 2.08. The smallest absolute Gasteiger partial charge is 0.175 e. The molecule has 0 saturated carbocycles. The number of pyridine rings is 1. The van der Waals surface area contributed by atoms with Crippen LogP contribution in [0.5, 0.6) is 0 Å². The Labute approximate surface area is 132 Å². The van der Waals surface area contributed by atoms with Crippen molar-refractivity contribution in [2.45, 2.75) is 0 Å². The summed E-state index contributed by atoms with van der Waals surface area (Å²) < 4.78 is 5.34. The van der Waals surface area contributed by atoms with Crippen molar-refractivity contribution in [1.29, 1.82) is 10.8 Å². The van der Waals surface area contributed by atoms with Gasteiger partial charge in [0.15, 0.2) is 17.4 Å². The van der Waals surface area contributed by atoms with E-state index in [9.17, 15) is 0 Å². The first-order valence-corrected chi connectivity index (χ1v) is 7.08. The van der Waals surface area contributed by atoms with Gasteiger partial charge in [-0.1, -0.05) is 12.1 Å². The number of fused-ring (bicyclic) bond motifs is 2. The first-order valence-electron chi connectivity index (χ1n) is 7.08. The molecular formula is C17H13N5O. The minimum Gasteiger partial charge on any atom is -0.461 e. The van der Waals surface area contributed by atoms with Crippen molar-refractivity contribution in [1.82, 2.24) is 4.98 Å². The zero-order valence-electron chi connectivity index (χ0n) is 12.1. The molecule has 0 aliphatic carbocycles. The van der Waals surface area contributed by atoms with Gasteiger partial charge in [0.05, 0.1) is 17.6 Å². The second-order valence-corrected chi connectivity index (χ2v) is 5.05. The molecule has 0 unspecified atom stereocenters. The van der Waals surface area contributed by atoms with Gasteiger partial charge in [0.1, 0.15) is 5.84 Å². The molecule has 2 aromatic heterocycles. The summed E-state index contributed by atoms with van der Waals surface area (Å²) in [5, 5.41) is 20.3. The number of para-hydroxylation sites is 1. The number of furan rings is 1. The van der Waals surface area contributed by atoms with Crippen LogP contribution in [0.1, 0.15) is 11.3 Å². The number of nitrogens with one attached hydrogen (secondary N) is 3. The van der Waals surface area contributed by atoms with Crippen molar-refractivity contribution in [3.05, 3.63) is 72.3 Å². The normalized spacial score (nSPS) is 12.9. The van der Waals surface area contributed by atoms with Crippen molar-refractivity contribution < 1.29 is 4.42 Å². The van der Waals surface area contributed by atoms with Crippen LogP contribution in [0.3, 0.4) is 0 Å². The lowest BCUT2D eigenvalue weighted by molar-refractivity contribution is 0.556. The molecule has 0 saturated heterocycles. The largest absolute Gasteiger partial charge is 0.461 e. The average Bonchev–Trinajstić information content (AvgIpc) is 3.07. The molecule has 6 nitrogen and oxygen atoms in total. The lowest BCUT2D eigenvalue weighted by Gasteiger charge is -2.23. The van der Waals surface area contributed by atoms with Gasteiger partial charge in [-0.2, -0.15) is 0 Å².